The van der Waals surface area contributed by atoms with Crippen molar-refractivity contribution >= 4 is 11.5 Å². The molecule has 0 amide bonds. The van der Waals surface area contributed by atoms with Crippen molar-refractivity contribution in [2.24, 2.45) is 0 Å². The minimum Gasteiger partial charge on any atom is -0.318 e. The van der Waals surface area contributed by atoms with Gasteiger partial charge < -0.3 is 9.13 Å². The number of rotatable bonds is 5. The number of benzene rings is 1. The predicted octanol–water partition coefficient (Wildman–Crippen LogP) is 3.66. The summed E-state index contributed by atoms with van der Waals surface area (Å²) in [6, 6.07) is 10.2. The van der Waals surface area contributed by atoms with E-state index in [1.54, 1.807) is 6.07 Å². The van der Waals surface area contributed by atoms with E-state index in [1.165, 1.54) is 0 Å². The van der Waals surface area contributed by atoms with Crippen LogP contribution in [0.1, 0.15) is 32.9 Å². The molecule has 0 spiro atoms. The molecular formula is C21H21N3O4. The zero-order chi connectivity index (χ0) is 20.6. The molecule has 7 nitrogen and oxygen atoms in total. The molecule has 0 bridgehead atoms. The van der Waals surface area contributed by atoms with Crippen molar-refractivity contribution in [3.63, 3.8) is 0 Å². The van der Waals surface area contributed by atoms with Crippen molar-refractivity contribution in [2.45, 2.75) is 34.2 Å². The minimum absolute atomic E-state index is 0.229. The molecule has 0 saturated carbocycles. The highest BCUT2D eigenvalue weighted by Gasteiger charge is 2.18. The van der Waals surface area contributed by atoms with Gasteiger partial charge in [0.25, 0.3) is 11.2 Å². The fourth-order valence-electron chi connectivity index (χ4n) is 3.51. The largest absolute Gasteiger partial charge is 0.318 e. The lowest BCUT2D eigenvalue weighted by Crippen LogP contribution is -2.23. The van der Waals surface area contributed by atoms with Crippen molar-refractivity contribution in [3.8, 4) is 5.69 Å². The molecule has 1 aromatic carbocycles. The van der Waals surface area contributed by atoms with Crippen LogP contribution in [-0.2, 0) is 6.54 Å². The van der Waals surface area contributed by atoms with Crippen molar-refractivity contribution in [2.75, 3.05) is 0 Å². The van der Waals surface area contributed by atoms with Crippen LogP contribution >= 0.6 is 0 Å². The predicted molar refractivity (Wildman–Crippen MR) is 106 cm³/mol. The Kier molecular flexibility index (Phi) is 5.00. The van der Waals surface area contributed by atoms with Crippen LogP contribution in [0.2, 0.25) is 0 Å². The SMILES string of the molecule is Cc1cc(C)cc(-n2c(C)cc(C(=O)Cn3cc([N+](=O)[O-])ccc3=O)c2C)c1. The monoisotopic (exact) mass is 379 g/mol. The van der Waals surface area contributed by atoms with E-state index in [4.69, 9.17) is 0 Å². The molecule has 28 heavy (non-hydrogen) atoms. The first kappa shape index (κ1) is 19.3. The van der Waals surface area contributed by atoms with Crippen LogP contribution in [0, 0.1) is 37.8 Å². The number of nitrogens with zero attached hydrogens (tertiary/aromatic N) is 3. The summed E-state index contributed by atoms with van der Waals surface area (Å²) in [4.78, 5) is 35.2. The molecule has 0 N–H and O–H groups in total. The number of hydrogen-bond donors (Lipinski definition) is 0. The number of carbonyl (C=O) groups is 1. The summed E-state index contributed by atoms with van der Waals surface area (Å²) < 4.78 is 3.08. The maximum atomic E-state index is 12.9. The molecule has 7 heteroatoms. The normalized spacial score (nSPS) is 10.9. The molecule has 0 atom stereocenters. The number of ketones is 1. The van der Waals surface area contributed by atoms with Crippen LogP contribution in [0.3, 0.4) is 0 Å². The van der Waals surface area contributed by atoms with Crippen molar-refractivity contribution in [1.29, 1.82) is 0 Å². The summed E-state index contributed by atoms with van der Waals surface area (Å²) in [6.45, 7) is 7.56. The first-order chi connectivity index (χ1) is 13.2. The fourth-order valence-corrected chi connectivity index (χ4v) is 3.51. The van der Waals surface area contributed by atoms with Crippen LogP contribution in [0.4, 0.5) is 5.69 Å². The van der Waals surface area contributed by atoms with E-state index in [2.05, 4.69) is 6.07 Å². The van der Waals surface area contributed by atoms with E-state index in [0.717, 1.165) is 51.1 Å². The van der Waals surface area contributed by atoms with Crippen LogP contribution in [-0.4, -0.2) is 19.8 Å². The number of aryl methyl sites for hydroxylation is 3. The number of nitro groups is 1. The number of hydrogen-bond acceptors (Lipinski definition) is 4. The zero-order valence-electron chi connectivity index (χ0n) is 16.2. The molecule has 0 aliphatic rings. The third-order valence-electron chi connectivity index (χ3n) is 4.69. The standard InChI is InChI=1S/C21H21N3O4/c1-13-7-14(2)9-18(8-13)23-15(3)10-19(16(23)4)20(25)12-22-11-17(24(27)28)5-6-21(22)26/h5-11H,12H2,1-4H3. The molecule has 0 unspecified atom stereocenters. The van der Waals surface area contributed by atoms with Crippen LogP contribution in [0.5, 0.6) is 0 Å². The highest BCUT2D eigenvalue weighted by Crippen LogP contribution is 2.23. The maximum absolute atomic E-state index is 12.9. The Bertz CT molecular complexity index is 1130. The molecule has 0 fully saturated rings. The Labute approximate surface area is 162 Å². The Morgan fingerprint density at radius 1 is 1.04 bits per heavy atom. The summed E-state index contributed by atoms with van der Waals surface area (Å²) in [7, 11) is 0. The summed E-state index contributed by atoms with van der Waals surface area (Å²) in [5.74, 6) is -0.272. The molecule has 2 heterocycles. The van der Waals surface area contributed by atoms with Gasteiger partial charge in [-0.05, 0) is 57.0 Å². The molecular weight excluding hydrogens is 358 g/mol. The Hall–Kier alpha value is -3.48. The summed E-state index contributed by atoms with van der Waals surface area (Å²) in [5.41, 5.74) is 4.70. The van der Waals surface area contributed by atoms with Crippen molar-refractivity contribution in [1.82, 2.24) is 9.13 Å². The van der Waals surface area contributed by atoms with E-state index in [0.29, 0.717) is 5.56 Å². The topological polar surface area (TPSA) is 87.1 Å². The average Bonchev–Trinajstić information content (AvgIpc) is 2.90. The number of Topliss-reactive ketones (excluding diaryl/α,β-unsaturated/α-hetero) is 1. The number of pyridine rings is 1. The van der Waals surface area contributed by atoms with E-state index in [9.17, 15) is 19.7 Å². The third-order valence-corrected chi connectivity index (χ3v) is 4.69. The highest BCUT2D eigenvalue weighted by molar-refractivity contribution is 5.97. The molecule has 3 rings (SSSR count). The molecule has 0 aliphatic carbocycles. The van der Waals surface area contributed by atoms with E-state index in [-0.39, 0.29) is 18.0 Å². The second-order valence-electron chi connectivity index (χ2n) is 7.00. The van der Waals surface area contributed by atoms with Gasteiger partial charge in [-0.1, -0.05) is 6.07 Å². The molecule has 144 valence electrons. The Morgan fingerprint density at radius 2 is 1.68 bits per heavy atom. The molecule has 2 aromatic heterocycles. The fraction of sp³-hybridized carbons (Fsp3) is 0.238. The summed E-state index contributed by atoms with van der Waals surface area (Å²) in [5, 5.41) is 10.9. The molecule has 3 aromatic rings. The second kappa shape index (κ2) is 7.26. The quantitative estimate of drug-likeness (QED) is 0.384. The van der Waals surface area contributed by atoms with Gasteiger partial charge in [0, 0.05) is 34.8 Å². The number of aromatic nitrogens is 2. The van der Waals surface area contributed by atoms with E-state index in [1.807, 2.05) is 44.4 Å². The lowest BCUT2D eigenvalue weighted by Gasteiger charge is -2.12. The van der Waals surface area contributed by atoms with Crippen molar-refractivity contribution in [3.05, 3.63) is 91.1 Å². The van der Waals surface area contributed by atoms with Crippen LogP contribution in [0.15, 0.2) is 47.4 Å². The smallest absolute Gasteiger partial charge is 0.285 e. The van der Waals surface area contributed by atoms with Gasteiger partial charge in [0.1, 0.15) is 0 Å². The van der Waals surface area contributed by atoms with Gasteiger partial charge in [0.15, 0.2) is 5.78 Å². The Balaban J connectivity index is 1.99. The maximum Gasteiger partial charge on any atom is 0.285 e. The minimum atomic E-state index is -0.591. The molecule has 0 aliphatic heterocycles. The van der Waals surface area contributed by atoms with Crippen LogP contribution < -0.4 is 5.56 Å². The van der Waals surface area contributed by atoms with Crippen molar-refractivity contribution < 1.29 is 9.72 Å². The van der Waals surface area contributed by atoms with Crippen LogP contribution in [0.25, 0.3) is 5.69 Å². The van der Waals surface area contributed by atoms with Gasteiger partial charge in [-0.15, -0.1) is 0 Å². The first-order valence-corrected chi connectivity index (χ1v) is 8.83. The summed E-state index contributed by atoms with van der Waals surface area (Å²) >= 11 is 0. The zero-order valence-corrected chi connectivity index (χ0v) is 16.2. The van der Waals surface area contributed by atoms with E-state index >= 15 is 0 Å². The third kappa shape index (κ3) is 3.64. The average molecular weight is 379 g/mol. The Morgan fingerprint density at radius 3 is 2.29 bits per heavy atom. The molecule has 0 saturated heterocycles. The van der Waals surface area contributed by atoms with Gasteiger partial charge in [0.2, 0.25) is 0 Å². The molecule has 0 radical (unpaired) electrons. The number of carbonyl (C=O) groups excluding carboxylic acids is 1. The highest BCUT2D eigenvalue weighted by atomic mass is 16.6. The first-order valence-electron chi connectivity index (χ1n) is 8.83. The lowest BCUT2D eigenvalue weighted by molar-refractivity contribution is -0.385. The van der Waals surface area contributed by atoms with Gasteiger partial charge in [-0.3, -0.25) is 19.7 Å². The van der Waals surface area contributed by atoms with E-state index < -0.39 is 10.5 Å². The van der Waals surface area contributed by atoms with Gasteiger partial charge in [-0.2, -0.15) is 0 Å². The summed E-state index contributed by atoms with van der Waals surface area (Å²) in [6.07, 6.45) is 1.10. The lowest BCUT2D eigenvalue weighted by atomic mass is 10.1. The van der Waals surface area contributed by atoms with Gasteiger partial charge in [0.05, 0.1) is 17.7 Å². The van der Waals surface area contributed by atoms with Gasteiger partial charge in [-0.25, -0.2) is 0 Å². The van der Waals surface area contributed by atoms with Gasteiger partial charge >= 0.3 is 0 Å². The second-order valence-corrected chi connectivity index (χ2v) is 7.00.